The van der Waals surface area contributed by atoms with Gasteiger partial charge in [-0.05, 0) is 6.07 Å². The summed E-state index contributed by atoms with van der Waals surface area (Å²) in [4.78, 5) is 24.4. The molecular weight excluding hydrogens is 314 g/mol. The van der Waals surface area contributed by atoms with Crippen molar-refractivity contribution in [3.8, 4) is 5.75 Å². The summed E-state index contributed by atoms with van der Waals surface area (Å²) in [6, 6.07) is 15.0. The normalized spacial score (nSPS) is 15.4. The van der Waals surface area contributed by atoms with E-state index in [1.165, 1.54) is 0 Å². The van der Waals surface area contributed by atoms with E-state index in [2.05, 4.69) is 9.98 Å². The Morgan fingerprint density at radius 2 is 1.52 bits per heavy atom. The number of ketones is 1. The Balaban J connectivity index is 2.04. The largest absolute Gasteiger partial charge is 0.496 e. The monoisotopic (exact) mass is 331 g/mol. The quantitative estimate of drug-likeness (QED) is 0.850. The maximum atomic E-state index is 13.3. The molecule has 0 saturated carbocycles. The lowest BCUT2D eigenvalue weighted by molar-refractivity contribution is 0.105. The Morgan fingerprint density at radius 1 is 0.880 bits per heavy atom. The number of ether oxygens (including phenoxy) is 1. The van der Waals surface area contributed by atoms with E-state index in [9.17, 15) is 4.79 Å². The van der Waals surface area contributed by atoms with Crippen LogP contribution in [0.3, 0.4) is 0 Å². The van der Waals surface area contributed by atoms with Crippen molar-refractivity contribution in [1.29, 1.82) is 0 Å². The molecule has 0 radical (unpaired) electrons. The molecule has 124 valence electrons. The molecule has 1 aliphatic heterocycles. The van der Waals surface area contributed by atoms with Crippen molar-refractivity contribution in [2.24, 2.45) is 9.98 Å². The minimum absolute atomic E-state index is 0.0576. The lowest BCUT2D eigenvalue weighted by Crippen LogP contribution is -2.20. The minimum atomic E-state index is -0.0576. The SMILES string of the molecule is COc1ccccc1C1=C2N=C(N(C)C)N=C2c2ccccc2C1=O. The molecule has 5 nitrogen and oxygen atoms in total. The second-order valence-corrected chi connectivity index (χ2v) is 6.07. The first-order valence-corrected chi connectivity index (χ1v) is 7.98. The number of allylic oxidation sites excluding steroid dienone is 2. The van der Waals surface area contributed by atoms with E-state index in [0.717, 1.165) is 16.8 Å². The smallest absolute Gasteiger partial charge is 0.226 e. The molecule has 2 aliphatic rings. The maximum Gasteiger partial charge on any atom is 0.226 e. The van der Waals surface area contributed by atoms with Gasteiger partial charge in [-0.25, -0.2) is 9.98 Å². The highest BCUT2D eigenvalue weighted by Gasteiger charge is 2.35. The van der Waals surface area contributed by atoms with E-state index < -0.39 is 0 Å². The molecule has 0 bridgehead atoms. The molecule has 0 unspecified atom stereocenters. The van der Waals surface area contributed by atoms with Gasteiger partial charge in [-0.15, -0.1) is 0 Å². The Bertz CT molecular complexity index is 984. The molecule has 0 spiro atoms. The summed E-state index contributed by atoms with van der Waals surface area (Å²) in [5, 5.41) is 0. The zero-order valence-electron chi connectivity index (χ0n) is 14.3. The molecule has 5 heteroatoms. The Kier molecular flexibility index (Phi) is 3.50. The number of methoxy groups -OCH3 is 1. The molecule has 2 aromatic rings. The number of fused-ring (bicyclic) bond motifs is 3. The van der Waals surface area contributed by atoms with Crippen LogP contribution in [-0.2, 0) is 0 Å². The maximum absolute atomic E-state index is 13.3. The second kappa shape index (κ2) is 5.70. The first kappa shape index (κ1) is 15.3. The van der Waals surface area contributed by atoms with Gasteiger partial charge in [-0.2, -0.15) is 0 Å². The van der Waals surface area contributed by atoms with Gasteiger partial charge in [-0.1, -0.05) is 42.5 Å². The number of carbonyl (C=O) groups excluding carboxylic acids is 1. The fraction of sp³-hybridized carbons (Fsp3) is 0.150. The van der Waals surface area contributed by atoms with Crippen molar-refractivity contribution < 1.29 is 9.53 Å². The highest BCUT2D eigenvalue weighted by Crippen LogP contribution is 2.38. The minimum Gasteiger partial charge on any atom is -0.496 e. The lowest BCUT2D eigenvalue weighted by Gasteiger charge is -2.20. The van der Waals surface area contributed by atoms with Crippen LogP contribution in [-0.4, -0.2) is 43.6 Å². The highest BCUT2D eigenvalue weighted by atomic mass is 16.5. The molecule has 0 aromatic heterocycles. The van der Waals surface area contributed by atoms with Gasteiger partial charge in [-0.3, -0.25) is 4.79 Å². The molecule has 0 amide bonds. The topological polar surface area (TPSA) is 54.3 Å². The molecule has 1 heterocycles. The number of aliphatic imine (C=N–C) groups is 2. The van der Waals surface area contributed by atoms with Gasteiger partial charge in [0.1, 0.15) is 17.2 Å². The van der Waals surface area contributed by atoms with E-state index in [1.54, 1.807) is 7.11 Å². The van der Waals surface area contributed by atoms with Gasteiger partial charge >= 0.3 is 0 Å². The molecule has 0 saturated heterocycles. The molecule has 0 fully saturated rings. The number of nitrogens with zero attached hydrogens (tertiary/aromatic N) is 3. The van der Waals surface area contributed by atoms with Crippen LogP contribution in [0.25, 0.3) is 5.57 Å². The standard InChI is InChI=1S/C20H17N3O2/c1-23(2)20-21-17-12-8-4-5-9-13(12)19(24)16(18(17)22-20)14-10-6-7-11-15(14)25-3/h4-11H,1-3H3. The third-order valence-corrected chi connectivity index (χ3v) is 4.31. The van der Waals surface area contributed by atoms with Crippen LogP contribution in [0.1, 0.15) is 21.5 Å². The third-order valence-electron chi connectivity index (χ3n) is 4.31. The molecule has 25 heavy (non-hydrogen) atoms. The number of hydrogen-bond acceptors (Lipinski definition) is 5. The number of benzene rings is 2. The van der Waals surface area contributed by atoms with Crippen LogP contribution >= 0.6 is 0 Å². The van der Waals surface area contributed by atoms with E-state index in [-0.39, 0.29) is 5.78 Å². The zero-order chi connectivity index (χ0) is 17.6. The van der Waals surface area contributed by atoms with Crippen LogP contribution in [0.4, 0.5) is 0 Å². The Hall–Kier alpha value is -3.21. The molecule has 0 N–H and O–H groups in total. The third kappa shape index (κ3) is 2.28. The second-order valence-electron chi connectivity index (χ2n) is 6.07. The first-order valence-electron chi connectivity index (χ1n) is 7.98. The summed E-state index contributed by atoms with van der Waals surface area (Å²) >= 11 is 0. The number of hydrogen-bond donors (Lipinski definition) is 0. The summed E-state index contributed by atoms with van der Waals surface area (Å²) in [5.74, 6) is 1.17. The molecule has 2 aromatic carbocycles. The van der Waals surface area contributed by atoms with Crippen LogP contribution in [0.15, 0.2) is 64.2 Å². The van der Waals surface area contributed by atoms with Crippen LogP contribution in [0.5, 0.6) is 5.75 Å². The number of para-hydroxylation sites is 1. The van der Waals surface area contributed by atoms with Crippen molar-refractivity contribution in [2.45, 2.75) is 0 Å². The Morgan fingerprint density at radius 3 is 2.20 bits per heavy atom. The number of Topliss-reactive ketones (excluding diaryl/α,β-unsaturated/α-hetero) is 1. The molecule has 0 atom stereocenters. The van der Waals surface area contributed by atoms with Gasteiger partial charge in [0.05, 0.1) is 12.7 Å². The summed E-state index contributed by atoms with van der Waals surface area (Å²) in [6.45, 7) is 0. The van der Waals surface area contributed by atoms with Crippen LogP contribution < -0.4 is 4.74 Å². The van der Waals surface area contributed by atoms with E-state index in [4.69, 9.17) is 4.74 Å². The number of carbonyl (C=O) groups is 1. The van der Waals surface area contributed by atoms with Gasteiger partial charge < -0.3 is 9.64 Å². The fourth-order valence-electron chi connectivity index (χ4n) is 3.12. The molecular formula is C20H17N3O2. The summed E-state index contributed by atoms with van der Waals surface area (Å²) in [7, 11) is 5.37. The first-order chi connectivity index (χ1) is 12.1. The fourth-order valence-corrected chi connectivity index (χ4v) is 3.12. The van der Waals surface area contributed by atoms with E-state index in [0.29, 0.717) is 28.5 Å². The van der Waals surface area contributed by atoms with Crippen molar-refractivity contribution in [3.63, 3.8) is 0 Å². The average Bonchev–Trinajstić information content (AvgIpc) is 3.08. The summed E-state index contributed by atoms with van der Waals surface area (Å²) in [5.41, 5.74) is 4.07. The molecule has 1 aliphatic carbocycles. The van der Waals surface area contributed by atoms with Crippen molar-refractivity contribution in [1.82, 2.24) is 4.90 Å². The number of rotatable bonds is 2. The van der Waals surface area contributed by atoms with Gasteiger partial charge in [0, 0.05) is 30.8 Å². The Labute approximate surface area is 146 Å². The molecule has 4 rings (SSSR count). The van der Waals surface area contributed by atoms with Crippen molar-refractivity contribution in [3.05, 3.63) is 70.9 Å². The summed E-state index contributed by atoms with van der Waals surface area (Å²) < 4.78 is 5.47. The lowest BCUT2D eigenvalue weighted by atomic mass is 9.83. The van der Waals surface area contributed by atoms with Crippen molar-refractivity contribution >= 4 is 23.0 Å². The zero-order valence-corrected chi connectivity index (χ0v) is 14.3. The number of guanidine groups is 1. The summed E-state index contributed by atoms with van der Waals surface area (Å²) in [6.07, 6.45) is 0. The van der Waals surface area contributed by atoms with Crippen LogP contribution in [0.2, 0.25) is 0 Å². The van der Waals surface area contributed by atoms with E-state index in [1.807, 2.05) is 67.5 Å². The van der Waals surface area contributed by atoms with E-state index >= 15 is 0 Å². The van der Waals surface area contributed by atoms with Crippen LogP contribution in [0, 0.1) is 0 Å². The van der Waals surface area contributed by atoms with Crippen molar-refractivity contribution in [2.75, 3.05) is 21.2 Å². The highest BCUT2D eigenvalue weighted by molar-refractivity contribution is 6.43. The predicted octanol–water partition coefficient (Wildman–Crippen LogP) is 3.02. The van der Waals surface area contributed by atoms with Gasteiger partial charge in [0.25, 0.3) is 0 Å². The predicted molar refractivity (Wildman–Crippen MR) is 98.3 cm³/mol. The average molecular weight is 331 g/mol. The van der Waals surface area contributed by atoms with Gasteiger partial charge in [0.15, 0.2) is 5.78 Å². The van der Waals surface area contributed by atoms with Gasteiger partial charge in [0.2, 0.25) is 5.96 Å².